The van der Waals surface area contributed by atoms with E-state index in [4.69, 9.17) is 9.47 Å². The summed E-state index contributed by atoms with van der Waals surface area (Å²) in [6, 6.07) is 0. The first-order valence-corrected chi connectivity index (χ1v) is 3.33. The van der Waals surface area contributed by atoms with Crippen molar-refractivity contribution in [3.8, 4) is 0 Å². The average Bonchev–Trinajstić information content (AvgIpc) is 2.52. The summed E-state index contributed by atoms with van der Waals surface area (Å²) in [6.07, 6.45) is 1.68. The van der Waals surface area contributed by atoms with Crippen molar-refractivity contribution in [2.24, 2.45) is 0 Å². The number of fused-ring (bicyclic) bond motifs is 2. The highest BCUT2D eigenvalue weighted by atomic mass is 16.7. The molecule has 0 amide bonds. The van der Waals surface area contributed by atoms with E-state index in [0.29, 0.717) is 13.3 Å². The van der Waals surface area contributed by atoms with Gasteiger partial charge in [0.25, 0.3) is 0 Å². The van der Waals surface area contributed by atoms with Crippen molar-refractivity contribution in [1.82, 2.24) is 15.0 Å². The van der Waals surface area contributed by atoms with Gasteiger partial charge in [0.2, 0.25) is 6.79 Å². The van der Waals surface area contributed by atoms with E-state index in [9.17, 15) is 0 Å². The van der Waals surface area contributed by atoms with Crippen molar-refractivity contribution in [2.45, 2.75) is 6.54 Å². The smallest absolute Gasteiger partial charge is 0.231 e. The number of allylic oxidation sites excluding steroid dienone is 1. The first kappa shape index (κ1) is 5.17. The summed E-state index contributed by atoms with van der Waals surface area (Å²) in [5.41, 5.74) is 0.914. The van der Waals surface area contributed by atoms with Crippen molar-refractivity contribution < 1.29 is 9.47 Å². The van der Waals surface area contributed by atoms with Gasteiger partial charge in [-0.3, -0.25) is 0 Å². The predicted molar refractivity (Wildman–Crippen MR) is 34.0 cm³/mol. The molecule has 11 heavy (non-hydrogen) atoms. The first-order valence-electron chi connectivity index (χ1n) is 3.33. The van der Waals surface area contributed by atoms with Gasteiger partial charge >= 0.3 is 0 Å². The zero-order valence-corrected chi connectivity index (χ0v) is 5.65. The van der Waals surface area contributed by atoms with Crippen molar-refractivity contribution in [2.75, 3.05) is 6.79 Å². The summed E-state index contributed by atoms with van der Waals surface area (Å²) < 4.78 is 12.2. The monoisotopic (exact) mass is 151 g/mol. The maximum Gasteiger partial charge on any atom is 0.231 e. The van der Waals surface area contributed by atoms with Crippen LogP contribution in [0.4, 0.5) is 0 Å². The molecule has 0 unspecified atom stereocenters. The van der Waals surface area contributed by atoms with Crippen LogP contribution in [0.1, 0.15) is 5.69 Å². The van der Waals surface area contributed by atoms with Gasteiger partial charge in [0.05, 0.1) is 6.20 Å². The Bertz CT molecular complexity index is 341. The molecule has 0 bridgehead atoms. The van der Waals surface area contributed by atoms with Gasteiger partial charge < -0.3 is 9.47 Å². The summed E-state index contributed by atoms with van der Waals surface area (Å²) in [5.74, 6) is 1.67. The van der Waals surface area contributed by atoms with Gasteiger partial charge in [-0.2, -0.15) is 0 Å². The second-order valence-corrected chi connectivity index (χ2v) is 2.44. The Balaban J connectivity index is 2.20. The van der Waals surface area contributed by atoms with Gasteiger partial charge in [-0.05, 0) is 0 Å². The predicted octanol–water partition coefficient (Wildman–Crippen LogP) is -0.0354. The molecule has 3 rings (SSSR count). The molecule has 0 saturated carbocycles. The molecule has 0 radical (unpaired) electrons. The highest BCUT2D eigenvalue weighted by Gasteiger charge is 2.29. The summed E-state index contributed by atoms with van der Waals surface area (Å²) in [5, 5.41) is 7.59. The molecule has 56 valence electrons. The van der Waals surface area contributed by atoms with Crippen LogP contribution in [0.3, 0.4) is 0 Å². The van der Waals surface area contributed by atoms with Crippen LogP contribution in [-0.4, -0.2) is 21.8 Å². The standard InChI is InChI=1S/C6H5N3O2/c1-4-6-5(10-3-11-6)2-9(4)8-7-1/h1H,2-3H2. The van der Waals surface area contributed by atoms with Crippen LogP contribution in [0.15, 0.2) is 12.0 Å². The Morgan fingerprint density at radius 2 is 2.45 bits per heavy atom. The third-order valence-corrected chi connectivity index (χ3v) is 1.83. The fraction of sp³-hybridized carbons (Fsp3) is 0.333. The van der Waals surface area contributed by atoms with E-state index in [1.165, 1.54) is 0 Å². The third-order valence-electron chi connectivity index (χ3n) is 1.83. The average molecular weight is 151 g/mol. The lowest BCUT2D eigenvalue weighted by Gasteiger charge is -1.99. The lowest BCUT2D eigenvalue weighted by atomic mass is 10.4. The minimum Gasteiger partial charge on any atom is -0.456 e. The summed E-state index contributed by atoms with van der Waals surface area (Å²) in [4.78, 5) is 0. The summed E-state index contributed by atoms with van der Waals surface area (Å²) in [6.45, 7) is 0.987. The van der Waals surface area contributed by atoms with Gasteiger partial charge in [-0.1, -0.05) is 5.21 Å². The van der Waals surface area contributed by atoms with Crippen LogP contribution >= 0.6 is 0 Å². The highest BCUT2D eigenvalue weighted by Crippen LogP contribution is 2.31. The molecule has 0 aromatic carbocycles. The first-order chi connectivity index (χ1) is 5.45. The van der Waals surface area contributed by atoms with Crippen molar-refractivity contribution in [3.63, 3.8) is 0 Å². The number of ether oxygens (including phenoxy) is 2. The van der Waals surface area contributed by atoms with Crippen LogP contribution in [0.25, 0.3) is 5.76 Å². The lowest BCUT2D eigenvalue weighted by Crippen LogP contribution is -2.02. The molecule has 0 spiro atoms. The Morgan fingerprint density at radius 1 is 1.45 bits per heavy atom. The Labute approximate surface area is 62.2 Å². The lowest BCUT2D eigenvalue weighted by molar-refractivity contribution is 0.0783. The van der Waals surface area contributed by atoms with Crippen LogP contribution in [0, 0.1) is 0 Å². The van der Waals surface area contributed by atoms with Gasteiger partial charge in [0.15, 0.2) is 11.5 Å². The molecule has 5 nitrogen and oxygen atoms in total. The van der Waals surface area contributed by atoms with Crippen LogP contribution in [0.5, 0.6) is 0 Å². The number of rotatable bonds is 0. The second-order valence-electron chi connectivity index (χ2n) is 2.44. The van der Waals surface area contributed by atoms with Crippen LogP contribution in [0.2, 0.25) is 0 Å². The topological polar surface area (TPSA) is 49.2 Å². The molecule has 1 aromatic rings. The minimum atomic E-state index is 0.329. The largest absolute Gasteiger partial charge is 0.456 e. The fourth-order valence-corrected chi connectivity index (χ4v) is 1.33. The Morgan fingerprint density at radius 3 is 3.45 bits per heavy atom. The number of nitrogens with zero attached hydrogens (tertiary/aromatic N) is 3. The van der Waals surface area contributed by atoms with E-state index >= 15 is 0 Å². The van der Waals surface area contributed by atoms with E-state index in [1.807, 2.05) is 0 Å². The van der Waals surface area contributed by atoms with Gasteiger partial charge in [0.1, 0.15) is 12.2 Å². The van der Waals surface area contributed by atoms with Crippen molar-refractivity contribution in [3.05, 3.63) is 17.6 Å². The quantitative estimate of drug-likeness (QED) is 0.522. The zero-order valence-electron chi connectivity index (χ0n) is 5.65. The molecule has 2 aliphatic rings. The molecule has 0 N–H and O–H groups in total. The molecular weight excluding hydrogens is 146 g/mol. The van der Waals surface area contributed by atoms with Crippen molar-refractivity contribution in [1.29, 1.82) is 0 Å². The van der Waals surface area contributed by atoms with E-state index < -0.39 is 0 Å². The molecule has 5 heteroatoms. The third kappa shape index (κ3) is 0.508. The van der Waals surface area contributed by atoms with Gasteiger partial charge in [-0.25, -0.2) is 4.68 Å². The number of hydrogen-bond acceptors (Lipinski definition) is 4. The van der Waals surface area contributed by atoms with E-state index in [0.717, 1.165) is 17.2 Å². The Kier molecular flexibility index (Phi) is 0.730. The maximum atomic E-state index is 5.22. The van der Waals surface area contributed by atoms with E-state index in [2.05, 4.69) is 10.3 Å². The van der Waals surface area contributed by atoms with E-state index in [-0.39, 0.29) is 0 Å². The number of hydrogen-bond donors (Lipinski definition) is 0. The SMILES string of the molecule is c1nnn2c1C1=C(C2)OCO1. The molecule has 0 saturated heterocycles. The minimum absolute atomic E-state index is 0.329. The van der Waals surface area contributed by atoms with E-state index in [1.54, 1.807) is 10.9 Å². The molecule has 0 aliphatic carbocycles. The molecule has 0 atom stereocenters. The Hall–Kier alpha value is -1.52. The van der Waals surface area contributed by atoms with Crippen LogP contribution < -0.4 is 0 Å². The molecule has 1 aromatic heterocycles. The maximum absolute atomic E-state index is 5.22. The molecule has 2 aliphatic heterocycles. The van der Waals surface area contributed by atoms with Crippen molar-refractivity contribution >= 4 is 5.76 Å². The number of aromatic nitrogens is 3. The fourth-order valence-electron chi connectivity index (χ4n) is 1.33. The summed E-state index contributed by atoms with van der Waals surface area (Å²) >= 11 is 0. The normalized spacial score (nSPS) is 19.3. The molecule has 3 heterocycles. The molecule has 0 fully saturated rings. The summed E-state index contributed by atoms with van der Waals surface area (Å²) in [7, 11) is 0. The zero-order chi connectivity index (χ0) is 7.26. The van der Waals surface area contributed by atoms with Gasteiger partial charge in [-0.15, -0.1) is 5.10 Å². The highest BCUT2D eigenvalue weighted by molar-refractivity contribution is 5.62. The van der Waals surface area contributed by atoms with Crippen LogP contribution in [-0.2, 0) is 16.0 Å². The van der Waals surface area contributed by atoms with Gasteiger partial charge in [0, 0.05) is 0 Å². The molecular formula is C6H5N3O2. The second kappa shape index (κ2) is 1.55.